The molecule has 100 valence electrons. The van der Waals surface area contributed by atoms with Crippen molar-refractivity contribution in [2.75, 3.05) is 20.3 Å². The molecule has 3 nitrogen and oxygen atoms in total. The van der Waals surface area contributed by atoms with E-state index in [9.17, 15) is 5.11 Å². The molecule has 1 unspecified atom stereocenters. The van der Waals surface area contributed by atoms with Crippen molar-refractivity contribution in [1.82, 2.24) is 0 Å². The largest absolute Gasteiger partial charge is 0.496 e. The van der Waals surface area contributed by atoms with Crippen LogP contribution in [0.5, 0.6) is 5.75 Å². The molecule has 2 rings (SSSR count). The minimum Gasteiger partial charge on any atom is -0.496 e. The number of benzene rings is 1. The minimum atomic E-state index is -0.839. The van der Waals surface area contributed by atoms with Crippen LogP contribution in [0.1, 0.15) is 31.7 Å². The van der Waals surface area contributed by atoms with Gasteiger partial charge in [-0.1, -0.05) is 18.2 Å². The van der Waals surface area contributed by atoms with E-state index in [0.717, 1.165) is 43.8 Å². The van der Waals surface area contributed by atoms with Crippen molar-refractivity contribution in [3.63, 3.8) is 0 Å². The summed E-state index contributed by atoms with van der Waals surface area (Å²) in [6.45, 7) is 3.50. The molecule has 1 atom stereocenters. The third kappa shape index (κ3) is 3.03. The fourth-order valence-corrected chi connectivity index (χ4v) is 2.71. The van der Waals surface area contributed by atoms with E-state index in [4.69, 9.17) is 9.47 Å². The lowest BCUT2D eigenvalue weighted by Crippen LogP contribution is -2.28. The van der Waals surface area contributed by atoms with Crippen LogP contribution in [0.2, 0.25) is 0 Å². The molecule has 1 saturated heterocycles. The maximum Gasteiger partial charge on any atom is 0.124 e. The van der Waals surface area contributed by atoms with Crippen molar-refractivity contribution in [3.8, 4) is 5.75 Å². The smallest absolute Gasteiger partial charge is 0.124 e. The normalized spacial score (nSPS) is 20.4. The van der Waals surface area contributed by atoms with Crippen LogP contribution in [0.4, 0.5) is 0 Å². The molecule has 1 aliphatic heterocycles. The van der Waals surface area contributed by atoms with E-state index in [0.29, 0.717) is 5.92 Å². The van der Waals surface area contributed by atoms with Crippen LogP contribution in [0.25, 0.3) is 0 Å². The monoisotopic (exact) mass is 250 g/mol. The lowest BCUT2D eigenvalue weighted by Gasteiger charge is -2.32. The summed E-state index contributed by atoms with van der Waals surface area (Å²) in [7, 11) is 1.64. The van der Waals surface area contributed by atoms with Crippen LogP contribution < -0.4 is 4.74 Å². The molecule has 3 heteroatoms. The third-order valence-corrected chi connectivity index (χ3v) is 3.71. The van der Waals surface area contributed by atoms with Crippen LogP contribution in [0.3, 0.4) is 0 Å². The zero-order valence-electron chi connectivity index (χ0n) is 11.2. The first-order chi connectivity index (χ1) is 8.63. The highest BCUT2D eigenvalue weighted by atomic mass is 16.5. The molecule has 0 spiro atoms. The van der Waals surface area contributed by atoms with Crippen molar-refractivity contribution in [2.24, 2.45) is 5.92 Å². The Morgan fingerprint density at radius 3 is 2.67 bits per heavy atom. The zero-order valence-corrected chi connectivity index (χ0v) is 11.2. The Bertz CT molecular complexity index is 381. The highest BCUT2D eigenvalue weighted by Crippen LogP contribution is 2.36. The van der Waals surface area contributed by atoms with Gasteiger partial charge in [0.15, 0.2) is 0 Å². The van der Waals surface area contributed by atoms with Crippen molar-refractivity contribution >= 4 is 0 Å². The molecule has 1 N–H and O–H groups in total. The molecule has 0 aromatic heterocycles. The van der Waals surface area contributed by atoms with E-state index in [2.05, 4.69) is 0 Å². The second kappa shape index (κ2) is 5.72. The Kier molecular flexibility index (Phi) is 4.25. The molecule has 18 heavy (non-hydrogen) atoms. The molecular formula is C15H22O3. The standard InChI is InChI=1S/C15H22O3/c1-15(16,11-12-7-9-18-10-8-12)13-5-3-4-6-14(13)17-2/h3-6,12,16H,7-11H2,1-2H3. The van der Waals surface area contributed by atoms with Crippen LogP contribution in [0.15, 0.2) is 24.3 Å². The number of para-hydroxylation sites is 1. The molecule has 1 aliphatic rings. The summed E-state index contributed by atoms with van der Waals surface area (Å²) >= 11 is 0. The van der Waals surface area contributed by atoms with Gasteiger partial charge in [-0.25, -0.2) is 0 Å². The van der Waals surface area contributed by atoms with E-state index in [1.54, 1.807) is 7.11 Å². The van der Waals surface area contributed by atoms with Gasteiger partial charge < -0.3 is 14.6 Å². The van der Waals surface area contributed by atoms with Gasteiger partial charge in [0.05, 0.1) is 12.7 Å². The summed E-state index contributed by atoms with van der Waals surface area (Å²) in [5, 5.41) is 10.7. The quantitative estimate of drug-likeness (QED) is 0.893. The number of aliphatic hydroxyl groups is 1. The summed E-state index contributed by atoms with van der Waals surface area (Å²) in [5.74, 6) is 1.29. The molecule has 0 aliphatic carbocycles. The van der Waals surface area contributed by atoms with Gasteiger partial charge in [-0.15, -0.1) is 0 Å². The van der Waals surface area contributed by atoms with Crippen molar-refractivity contribution in [3.05, 3.63) is 29.8 Å². The number of rotatable bonds is 4. The highest BCUT2D eigenvalue weighted by Gasteiger charge is 2.30. The molecule has 0 amide bonds. The Balaban J connectivity index is 2.13. The summed E-state index contributed by atoms with van der Waals surface area (Å²) in [6.07, 6.45) is 2.83. The van der Waals surface area contributed by atoms with Gasteiger partial charge in [0, 0.05) is 18.8 Å². The maximum atomic E-state index is 10.7. The first-order valence-electron chi connectivity index (χ1n) is 6.57. The maximum absolute atomic E-state index is 10.7. The topological polar surface area (TPSA) is 38.7 Å². The average Bonchev–Trinajstić information content (AvgIpc) is 2.39. The van der Waals surface area contributed by atoms with Gasteiger partial charge in [0.1, 0.15) is 5.75 Å². The minimum absolute atomic E-state index is 0.527. The predicted octanol–water partition coefficient (Wildman–Crippen LogP) is 2.72. The Labute approximate surface area is 109 Å². The highest BCUT2D eigenvalue weighted by molar-refractivity contribution is 5.37. The summed E-state index contributed by atoms with van der Waals surface area (Å²) in [6, 6.07) is 7.70. The Morgan fingerprint density at radius 2 is 2.00 bits per heavy atom. The van der Waals surface area contributed by atoms with E-state index in [1.807, 2.05) is 31.2 Å². The third-order valence-electron chi connectivity index (χ3n) is 3.71. The SMILES string of the molecule is COc1ccccc1C(C)(O)CC1CCOCC1. The molecule has 1 aromatic carbocycles. The van der Waals surface area contributed by atoms with Gasteiger partial charge in [0.25, 0.3) is 0 Å². The number of hydrogen-bond acceptors (Lipinski definition) is 3. The molecule has 1 heterocycles. The average molecular weight is 250 g/mol. The van der Waals surface area contributed by atoms with Gasteiger partial charge >= 0.3 is 0 Å². The Hall–Kier alpha value is -1.06. The lowest BCUT2D eigenvalue weighted by molar-refractivity contribution is -0.00428. The molecule has 0 saturated carbocycles. The van der Waals surface area contributed by atoms with E-state index >= 15 is 0 Å². The number of ether oxygens (including phenoxy) is 2. The lowest BCUT2D eigenvalue weighted by atomic mass is 9.82. The van der Waals surface area contributed by atoms with Gasteiger partial charge in [-0.2, -0.15) is 0 Å². The van der Waals surface area contributed by atoms with Crippen LogP contribution in [-0.2, 0) is 10.3 Å². The Morgan fingerprint density at radius 1 is 1.33 bits per heavy atom. The van der Waals surface area contributed by atoms with Gasteiger partial charge in [0.2, 0.25) is 0 Å². The van der Waals surface area contributed by atoms with E-state index in [1.165, 1.54) is 0 Å². The number of hydrogen-bond donors (Lipinski definition) is 1. The molecule has 0 bridgehead atoms. The van der Waals surface area contributed by atoms with Crippen molar-refractivity contribution in [1.29, 1.82) is 0 Å². The first-order valence-corrected chi connectivity index (χ1v) is 6.57. The fraction of sp³-hybridized carbons (Fsp3) is 0.600. The van der Waals surface area contributed by atoms with E-state index < -0.39 is 5.60 Å². The van der Waals surface area contributed by atoms with Crippen LogP contribution in [0, 0.1) is 5.92 Å². The predicted molar refractivity (Wildman–Crippen MR) is 70.7 cm³/mol. The summed E-state index contributed by atoms with van der Waals surface area (Å²) in [5.41, 5.74) is 0.0354. The van der Waals surface area contributed by atoms with Crippen molar-refractivity contribution < 1.29 is 14.6 Å². The molecule has 1 fully saturated rings. The summed E-state index contributed by atoms with van der Waals surface area (Å²) in [4.78, 5) is 0. The fourth-order valence-electron chi connectivity index (χ4n) is 2.71. The van der Waals surface area contributed by atoms with E-state index in [-0.39, 0.29) is 0 Å². The first kappa shape index (κ1) is 13.4. The van der Waals surface area contributed by atoms with Crippen LogP contribution >= 0.6 is 0 Å². The van der Waals surface area contributed by atoms with Crippen LogP contribution in [-0.4, -0.2) is 25.4 Å². The second-order valence-corrected chi connectivity index (χ2v) is 5.23. The second-order valence-electron chi connectivity index (χ2n) is 5.23. The zero-order chi connectivity index (χ0) is 13.0. The molecule has 0 radical (unpaired) electrons. The van der Waals surface area contributed by atoms with Gasteiger partial charge in [-0.3, -0.25) is 0 Å². The van der Waals surface area contributed by atoms with Crippen molar-refractivity contribution in [2.45, 2.75) is 31.8 Å². The van der Waals surface area contributed by atoms with Gasteiger partial charge in [-0.05, 0) is 38.2 Å². The number of methoxy groups -OCH3 is 1. The summed E-state index contributed by atoms with van der Waals surface area (Å²) < 4.78 is 10.7. The molecular weight excluding hydrogens is 228 g/mol. The molecule has 1 aromatic rings.